The number of hydrogen-bond donors (Lipinski definition) is 1. The molecule has 1 aliphatic carbocycles. The number of hydrogen-bond acceptors (Lipinski definition) is 2. The van der Waals surface area contributed by atoms with Crippen molar-refractivity contribution in [2.24, 2.45) is 5.92 Å². The average molecular weight is 214 g/mol. The van der Waals surface area contributed by atoms with Crippen LogP contribution in [-0.4, -0.2) is 18.7 Å². The molecule has 1 N–H and O–H groups in total. The SMILES string of the molecule is C[C@H](NCC1CC1)C1OC=CC=C1Cl. The largest absolute Gasteiger partial charge is 0.491 e. The van der Waals surface area contributed by atoms with E-state index in [1.807, 2.05) is 12.2 Å². The van der Waals surface area contributed by atoms with Crippen LogP contribution in [0.3, 0.4) is 0 Å². The van der Waals surface area contributed by atoms with Gasteiger partial charge in [0.15, 0.2) is 0 Å². The topological polar surface area (TPSA) is 21.3 Å². The summed E-state index contributed by atoms with van der Waals surface area (Å²) in [5, 5.41) is 4.24. The van der Waals surface area contributed by atoms with Crippen LogP contribution < -0.4 is 5.32 Å². The fraction of sp³-hybridized carbons (Fsp3) is 0.636. The molecule has 0 saturated heterocycles. The van der Waals surface area contributed by atoms with Crippen LogP contribution in [0.5, 0.6) is 0 Å². The van der Waals surface area contributed by atoms with Gasteiger partial charge in [0, 0.05) is 6.04 Å². The van der Waals surface area contributed by atoms with Crippen molar-refractivity contribution in [1.82, 2.24) is 5.32 Å². The summed E-state index contributed by atoms with van der Waals surface area (Å²) in [5.41, 5.74) is 0. The zero-order valence-corrected chi connectivity index (χ0v) is 9.13. The molecule has 0 amide bonds. The molecule has 2 rings (SSSR count). The second-order valence-electron chi connectivity index (χ2n) is 4.08. The van der Waals surface area contributed by atoms with Gasteiger partial charge in [-0.15, -0.1) is 0 Å². The van der Waals surface area contributed by atoms with Crippen molar-refractivity contribution in [2.45, 2.75) is 31.9 Å². The van der Waals surface area contributed by atoms with Crippen molar-refractivity contribution in [3.8, 4) is 0 Å². The molecule has 0 aromatic rings. The van der Waals surface area contributed by atoms with E-state index in [1.165, 1.54) is 12.8 Å². The molecule has 3 heteroatoms. The number of ether oxygens (including phenoxy) is 1. The van der Waals surface area contributed by atoms with Crippen LogP contribution in [0.4, 0.5) is 0 Å². The van der Waals surface area contributed by atoms with Crippen LogP contribution >= 0.6 is 11.6 Å². The second kappa shape index (κ2) is 4.37. The smallest absolute Gasteiger partial charge is 0.148 e. The van der Waals surface area contributed by atoms with E-state index in [1.54, 1.807) is 6.26 Å². The standard InChI is InChI=1S/C11H16ClNO/c1-8(13-7-9-4-5-9)11-10(12)3-2-6-14-11/h2-3,6,8-9,11,13H,4-5,7H2,1H3/t8-,11?/m0/s1. The minimum atomic E-state index is -0.0135. The van der Waals surface area contributed by atoms with E-state index < -0.39 is 0 Å². The Bertz CT molecular complexity index is 258. The van der Waals surface area contributed by atoms with Gasteiger partial charge in [0.25, 0.3) is 0 Å². The monoisotopic (exact) mass is 213 g/mol. The van der Waals surface area contributed by atoms with Crippen LogP contribution in [0.15, 0.2) is 23.4 Å². The molecule has 0 aromatic carbocycles. The molecule has 2 nitrogen and oxygen atoms in total. The first-order valence-electron chi connectivity index (χ1n) is 5.18. The minimum absolute atomic E-state index is 0.0135. The van der Waals surface area contributed by atoms with E-state index in [0.29, 0.717) is 0 Å². The first-order valence-corrected chi connectivity index (χ1v) is 5.56. The highest BCUT2D eigenvalue weighted by Crippen LogP contribution is 2.28. The van der Waals surface area contributed by atoms with Crippen LogP contribution in [0.1, 0.15) is 19.8 Å². The molecule has 14 heavy (non-hydrogen) atoms. The lowest BCUT2D eigenvalue weighted by Gasteiger charge is -2.25. The third-order valence-corrected chi connectivity index (χ3v) is 3.05. The molecule has 1 saturated carbocycles. The first-order chi connectivity index (χ1) is 6.77. The van der Waals surface area contributed by atoms with Crippen molar-refractivity contribution < 1.29 is 4.74 Å². The molecule has 1 aliphatic heterocycles. The van der Waals surface area contributed by atoms with Crippen LogP contribution in [0.2, 0.25) is 0 Å². The van der Waals surface area contributed by atoms with Crippen molar-refractivity contribution in [1.29, 1.82) is 0 Å². The van der Waals surface area contributed by atoms with E-state index in [2.05, 4.69) is 12.2 Å². The Morgan fingerprint density at radius 1 is 1.64 bits per heavy atom. The second-order valence-corrected chi connectivity index (χ2v) is 4.51. The van der Waals surface area contributed by atoms with Gasteiger partial charge in [-0.2, -0.15) is 0 Å². The molecule has 0 aromatic heterocycles. The predicted octanol–water partition coefficient (Wildman–Crippen LogP) is 2.41. The molecular weight excluding hydrogens is 198 g/mol. The van der Waals surface area contributed by atoms with Gasteiger partial charge in [-0.1, -0.05) is 11.6 Å². The summed E-state index contributed by atoms with van der Waals surface area (Å²) in [7, 11) is 0. The van der Waals surface area contributed by atoms with Gasteiger partial charge in [0.05, 0.1) is 11.3 Å². The average Bonchev–Trinajstić information content (AvgIpc) is 2.98. The third kappa shape index (κ3) is 2.52. The van der Waals surface area contributed by atoms with Crippen LogP contribution in [-0.2, 0) is 4.74 Å². The summed E-state index contributed by atoms with van der Waals surface area (Å²) in [6.07, 6.45) is 8.15. The number of allylic oxidation sites excluding steroid dienone is 2. The lowest BCUT2D eigenvalue weighted by molar-refractivity contribution is 0.143. The van der Waals surface area contributed by atoms with Gasteiger partial charge in [0.1, 0.15) is 6.10 Å². The predicted molar refractivity (Wildman–Crippen MR) is 58.1 cm³/mol. The Kier molecular flexibility index (Phi) is 3.14. The van der Waals surface area contributed by atoms with Crippen molar-refractivity contribution in [2.75, 3.05) is 6.54 Å². The van der Waals surface area contributed by atoms with E-state index >= 15 is 0 Å². The van der Waals surface area contributed by atoms with Gasteiger partial charge in [-0.05, 0) is 44.4 Å². The summed E-state index contributed by atoms with van der Waals surface area (Å²) in [6.45, 7) is 3.21. The molecule has 0 radical (unpaired) electrons. The van der Waals surface area contributed by atoms with Gasteiger partial charge < -0.3 is 10.1 Å². The summed E-state index contributed by atoms with van der Waals surface area (Å²) in [4.78, 5) is 0. The Balaban J connectivity index is 1.80. The van der Waals surface area contributed by atoms with Crippen molar-refractivity contribution in [3.05, 3.63) is 23.4 Å². The van der Waals surface area contributed by atoms with Gasteiger partial charge in [-0.25, -0.2) is 0 Å². The highest BCUT2D eigenvalue weighted by molar-refractivity contribution is 6.30. The third-order valence-electron chi connectivity index (χ3n) is 2.71. The van der Waals surface area contributed by atoms with E-state index in [0.717, 1.165) is 17.5 Å². The highest BCUT2D eigenvalue weighted by atomic mass is 35.5. The van der Waals surface area contributed by atoms with Crippen molar-refractivity contribution in [3.63, 3.8) is 0 Å². The molecule has 0 spiro atoms. The Morgan fingerprint density at radius 2 is 2.43 bits per heavy atom. The quantitative estimate of drug-likeness (QED) is 0.775. The lowest BCUT2D eigenvalue weighted by atomic mass is 10.1. The molecule has 1 unspecified atom stereocenters. The minimum Gasteiger partial charge on any atom is -0.491 e. The van der Waals surface area contributed by atoms with E-state index in [4.69, 9.17) is 16.3 Å². The molecule has 2 atom stereocenters. The van der Waals surface area contributed by atoms with Crippen molar-refractivity contribution >= 4 is 11.6 Å². The summed E-state index contributed by atoms with van der Waals surface area (Å²) in [5.74, 6) is 0.888. The van der Waals surface area contributed by atoms with E-state index in [9.17, 15) is 0 Å². The molecular formula is C11H16ClNO. The Hall–Kier alpha value is -0.470. The van der Waals surface area contributed by atoms with Crippen LogP contribution in [0.25, 0.3) is 0 Å². The first kappa shape index (κ1) is 10.1. The van der Waals surface area contributed by atoms with E-state index in [-0.39, 0.29) is 12.1 Å². The fourth-order valence-corrected chi connectivity index (χ4v) is 1.87. The molecule has 2 aliphatic rings. The number of halogens is 1. The summed E-state index contributed by atoms with van der Waals surface area (Å²) >= 11 is 6.05. The van der Waals surface area contributed by atoms with Gasteiger partial charge in [-0.3, -0.25) is 0 Å². The maximum atomic E-state index is 6.05. The normalized spacial score (nSPS) is 28.1. The summed E-state index contributed by atoms with van der Waals surface area (Å²) < 4.78 is 5.46. The van der Waals surface area contributed by atoms with Crippen LogP contribution in [0, 0.1) is 5.92 Å². The zero-order valence-electron chi connectivity index (χ0n) is 8.37. The molecule has 78 valence electrons. The number of nitrogens with one attached hydrogen (secondary N) is 1. The highest BCUT2D eigenvalue weighted by Gasteiger charge is 2.26. The molecule has 0 bridgehead atoms. The molecule has 1 fully saturated rings. The number of rotatable bonds is 4. The van der Waals surface area contributed by atoms with Gasteiger partial charge >= 0.3 is 0 Å². The Morgan fingerprint density at radius 3 is 3.07 bits per heavy atom. The zero-order chi connectivity index (χ0) is 9.97. The Labute approximate surface area is 90.0 Å². The molecule has 1 heterocycles. The lowest BCUT2D eigenvalue weighted by Crippen LogP contribution is -2.40. The maximum absolute atomic E-state index is 6.05. The fourth-order valence-electron chi connectivity index (χ4n) is 1.56. The summed E-state index contributed by atoms with van der Waals surface area (Å²) in [6, 6.07) is 0.282. The maximum Gasteiger partial charge on any atom is 0.148 e. The van der Waals surface area contributed by atoms with Gasteiger partial charge in [0.2, 0.25) is 0 Å².